The second-order valence-electron chi connectivity index (χ2n) is 6.40. The van der Waals surface area contributed by atoms with Gasteiger partial charge in [0.1, 0.15) is 24.7 Å². The zero-order valence-corrected chi connectivity index (χ0v) is 15.4. The van der Waals surface area contributed by atoms with Gasteiger partial charge in [-0.3, -0.25) is 0 Å². The Kier molecular flexibility index (Phi) is 8.74. The van der Waals surface area contributed by atoms with Crippen molar-refractivity contribution in [1.82, 2.24) is 0 Å². The van der Waals surface area contributed by atoms with E-state index in [0.717, 1.165) is 12.2 Å². The maximum Gasteiger partial charge on any atom is 0.142 e. The van der Waals surface area contributed by atoms with E-state index in [4.69, 9.17) is 15.2 Å². The van der Waals surface area contributed by atoms with Crippen LogP contribution < -0.4 is 15.2 Å². The van der Waals surface area contributed by atoms with Gasteiger partial charge in [-0.1, -0.05) is 63.3 Å². The van der Waals surface area contributed by atoms with Gasteiger partial charge in [-0.05, 0) is 42.7 Å². The van der Waals surface area contributed by atoms with Crippen LogP contribution in [0.4, 0.5) is 5.69 Å². The van der Waals surface area contributed by atoms with Gasteiger partial charge in [-0.25, -0.2) is 0 Å². The molecule has 0 aliphatic carbocycles. The first kappa shape index (κ1) is 19.2. The van der Waals surface area contributed by atoms with Crippen LogP contribution in [0, 0.1) is 0 Å². The van der Waals surface area contributed by atoms with Gasteiger partial charge in [0.25, 0.3) is 0 Å². The van der Waals surface area contributed by atoms with Crippen molar-refractivity contribution in [3.63, 3.8) is 0 Å². The molecule has 2 aromatic carbocycles. The normalized spacial score (nSPS) is 10.6. The third kappa shape index (κ3) is 7.51. The fourth-order valence-electron chi connectivity index (χ4n) is 2.78. The molecule has 2 aromatic rings. The lowest BCUT2D eigenvalue weighted by Gasteiger charge is -2.10. The Bertz CT molecular complexity index is 595. The quantitative estimate of drug-likeness (QED) is 0.402. The number of rotatable bonds is 12. The van der Waals surface area contributed by atoms with E-state index in [2.05, 4.69) is 19.1 Å². The molecule has 2 rings (SSSR count). The molecule has 0 saturated carbocycles. The van der Waals surface area contributed by atoms with Crippen molar-refractivity contribution in [2.45, 2.75) is 51.9 Å². The van der Waals surface area contributed by atoms with Crippen LogP contribution >= 0.6 is 0 Å². The largest absolute Gasteiger partial charge is 0.490 e. The lowest BCUT2D eigenvalue weighted by atomic mass is 10.0. The minimum atomic E-state index is 0.480. The van der Waals surface area contributed by atoms with Crippen LogP contribution in [0.3, 0.4) is 0 Å². The van der Waals surface area contributed by atoms with Gasteiger partial charge < -0.3 is 15.2 Å². The molecule has 0 fully saturated rings. The molecule has 3 nitrogen and oxygen atoms in total. The molecule has 0 saturated heterocycles. The first-order chi connectivity index (χ1) is 12.3. The molecule has 0 aliphatic heterocycles. The lowest BCUT2D eigenvalue weighted by Crippen LogP contribution is -2.09. The molecule has 3 heteroatoms. The van der Waals surface area contributed by atoms with Crippen molar-refractivity contribution < 1.29 is 9.47 Å². The highest BCUT2D eigenvalue weighted by Gasteiger charge is 2.00. The Morgan fingerprint density at radius 2 is 1.44 bits per heavy atom. The summed E-state index contributed by atoms with van der Waals surface area (Å²) in [7, 11) is 0. The monoisotopic (exact) mass is 341 g/mol. The fourth-order valence-corrected chi connectivity index (χ4v) is 2.78. The Balaban J connectivity index is 1.61. The average molecular weight is 341 g/mol. The second kappa shape index (κ2) is 11.4. The van der Waals surface area contributed by atoms with E-state index in [0.29, 0.717) is 24.7 Å². The van der Waals surface area contributed by atoms with Gasteiger partial charge in [0.2, 0.25) is 0 Å². The molecule has 0 amide bonds. The standard InChI is InChI=1S/C22H31NO2/c1-2-3-4-5-6-7-10-19-13-15-20(16-14-19)24-17-18-25-22-12-9-8-11-21(22)23/h8-9,11-16H,2-7,10,17-18,23H2,1H3. The first-order valence-electron chi connectivity index (χ1n) is 9.48. The van der Waals surface area contributed by atoms with E-state index in [1.807, 2.05) is 36.4 Å². The number of nitrogen functional groups attached to an aromatic ring is 1. The second-order valence-corrected chi connectivity index (χ2v) is 6.40. The molecule has 0 atom stereocenters. The lowest BCUT2D eigenvalue weighted by molar-refractivity contribution is 0.218. The molecule has 25 heavy (non-hydrogen) atoms. The van der Waals surface area contributed by atoms with E-state index < -0.39 is 0 Å². The van der Waals surface area contributed by atoms with Gasteiger partial charge >= 0.3 is 0 Å². The number of para-hydroxylation sites is 2. The maximum absolute atomic E-state index is 5.84. The highest BCUT2D eigenvalue weighted by atomic mass is 16.5. The van der Waals surface area contributed by atoms with Crippen molar-refractivity contribution in [1.29, 1.82) is 0 Å². The Morgan fingerprint density at radius 3 is 2.20 bits per heavy atom. The molecular formula is C22H31NO2. The molecule has 0 radical (unpaired) electrons. The third-order valence-electron chi connectivity index (χ3n) is 4.27. The molecule has 0 bridgehead atoms. The highest BCUT2D eigenvalue weighted by Crippen LogP contribution is 2.20. The van der Waals surface area contributed by atoms with Crippen LogP contribution in [0.25, 0.3) is 0 Å². The molecular weight excluding hydrogens is 310 g/mol. The molecule has 0 spiro atoms. The van der Waals surface area contributed by atoms with Crippen molar-refractivity contribution in [3.8, 4) is 11.5 Å². The number of aryl methyl sites for hydroxylation is 1. The Hall–Kier alpha value is -2.16. The summed E-state index contributed by atoms with van der Waals surface area (Å²) in [5.41, 5.74) is 7.88. The van der Waals surface area contributed by atoms with Crippen molar-refractivity contribution >= 4 is 5.69 Å². The number of hydrogen-bond donors (Lipinski definition) is 1. The summed E-state index contributed by atoms with van der Waals surface area (Å²) >= 11 is 0. The maximum atomic E-state index is 5.84. The van der Waals surface area contributed by atoms with E-state index in [-0.39, 0.29) is 0 Å². The van der Waals surface area contributed by atoms with Crippen LogP contribution in [0.15, 0.2) is 48.5 Å². The minimum absolute atomic E-state index is 0.480. The molecule has 136 valence electrons. The van der Waals surface area contributed by atoms with Crippen molar-refractivity contribution in [2.75, 3.05) is 18.9 Å². The Morgan fingerprint density at radius 1 is 0.760 bits per heavy atom. The number of ether oxygens (including phenoxy) is 2. The van der Waals surface area contributed by atoms with Crippen LogP contribution in [-0.2, 0) is 6.42 Å². The molecule has 0 aromatic heterocycles. The number of benzene rings is 2. The summed E-state index contributed by atoms with van der Waals surface area (Å²) in [6.45, 7) is 3.24. The number of anilines is 1. The summed E-state index contributed by atoms with van der Waals surface area (Å²) in [6.07, 6.45) is 9.18. The minimum Gasteiger partial charge on any atom is -0.490 e. The number of unbranched alkanes of at least 4 members (excludes halogenated alkanes) is 5. The summed E-state index contributed by atoms with van der Waals surface area (Å²) in [4.78, 5) is 0. The van der Waals surface area contributed by atoms with Gasteiger partial charge in [0.15, 0.2) is 0 Å². The third-order valence-corrected chi connectivity index (χ3v) is 4.27. The first-order valence-corrected chi connectivity index (χ1v) is 9.48. The van der Waals surface area contributed by atoms with Crippen LogP contribution in [0.2, 0.25) is 0 Å². The average Bonchev–Trinajstić information content (AvgIpc) is 2.64. The number of hydrogen-bond acceptors (Lipinski definition) is 3. The van der Waals surface area contributed by atoms with Crippen LogP contribution in [0.5, 0.6) is 11.5 Å². The van der Waals surface area contributed by atoms with E-state index in [1.165, 1.54) is 44.1 Å². The van der Waals surface area contributed by atoms with Crippen LogP contribution in [0.1, 0.15) is 51.0 Å². The fraction of sp³-hybridized carbons (Fsp3) is 0.455. The highest BCUT2D eigenvalue weighted by molar-refractivity contribution is 5.51. The van der Waals surface area contributed by atoms with E-state index >= 15 is 0 Å². The summed E-state index contributed by atoms with van der Waals surface area (Å²) in [6, 6.07) is 15.9. The predicted molar refractivity (Wildman–Crippen MR) is 105 cm³/mol. The van der Waals surface area contributed by atoms with Crippen molar-refractivity contribution in [3.05, 3.63) is 54.1 Å². The van der Waals surface area contributed by atoms with Gasteiger partial charge in [-0.15, -0.1) is 0 Å². The van der Waals surface area contributed by atoms with E-state index in [9.17, 15) is 0 Å². The summed E-state index contributed by atoms with van der Waals surface area (Å²) < 4.78 is 11.4. The van der Waals surface area contributed by atoms with Crippen molar-refractivity contribution in [2.24, 2.45) is 0 Å². The Labute approximate surface area is 152 Å². The van der Waals surface area contributed by atoms with Gasteiger partial charge in [-0.2, -0.15) is 0 Å². The SMILES string of the molecule is CCCCCCCCc1ccc(OCCOc2ccccc2N)cc1. The molecule has 0 unspecified atom stereocenters. The molecule has 0 aliphatic rings. The predicted octanol–water partition coefficient (Wildman–Crippen LogP) is 5.63. The smallest absolute Gasteiger partial charge is 0.142 e. The number of nitrogens with two attached hydrogens (primary N) is 1. The summed E-state index contributed by atoms with van der Waals surface area (Å²) in [5, 5.41) is 0. The van der Waals surface area contributed by atoms with Crippen LogP contribution in [-0.4, -0.2) is 13.2 Å². The summed E-state index contributed by atoms with van der Waals surface area (Å²) in [5.74, 6) is 1.59. The zero-order chi connectivity index (χ0) is 17.7. The zero-order valence-electron chi connectivity index (χ0n) is 15.4. The topological polar surface area (TPSA) is 44.5 Å². The van der Waals surface area contributed by atoms with Gasteiger partial charge in [0.05, 0.1) is 5.69 Å². The molecule has 0 heterocycles. The van der Waals surface area contributed by atoms with Gasteiger partial charge in [0, 0.05) is 0 Å². The van der Waals surface area contributed by atoms with E-state index in [1.54, 1.807) is 0 Å². The molecule has 2 N–H and O–H groups in total.